The first-order valence-corrected chi connectivity index (χ1v) is 7.13. The number of fused-ring (bicyclic) bond motifs is 1. The molecule has 0 radical (unpaired) electrons. The van der Waals surface area contributed by atoms with E-state index in [1.165, 1.54) is 5.56 Å². The van der Waals surface area contributed by atoms with E-state index in [1.54, 1.807) is 6.33 Å². The van der Waals surface area contributed by atoms with Crippen LogP contribution in [0.2, 0.25) is 0 Å². The smallest absolute Gasteiger partial charge is 0.304 e. The van der Waals surface area contributed by atoms with E-state index in [2.05, 4.69) is 32.9 Å². The highest BCUT2D eigenvalue weighted by molar-refractivity contribution is 5.66. The summed E-state index contributed by atoms with van der Waals surface area (Å²) in [6.45, 7) is 6.17. The first-order valence-electron chi connectivity index (χ1n) is 7.13. The van der Waals surface area contributed by atoms with Gasteiger partial charge in [-0.1, -0.05) is 0 Å². The van der Waals surface area contributed by atoms with Crippen molar-refractivity contribution in [2.75, 3.05) is 37.6 Å². The number of nitrogens with zero attached hydrogens (tertiary/aromatic N) is 5. The molecule has 7 nitrogen and oxygen atoms in total. The summed E-state index contributed by atoms with van der Waals surface area (Å²) in [6, 6.07) is 4.13. The van der Waals surface area contributed by atoms with Gasteiger partial charge in [-0.2, -0.15) is 9.61 Å². The number of carbonyl (C=O) groups is 1. The molecule has 1 aliphatic heterocycles. The molecule has 2 aromatic heterocycles. The van der Waals surface area contributed by atoms with E-state index in [9.17, 15) is 4.79 Å². The number of aliphatic carboxylic acids is 1. The summed E-state index contributed by atoms with van der Waals surface area (Å²) >= 11 is 0. The molecule has 1 N–H and O–H groups in total. The van der Waals surface area contributed by atoms with E-state index in [0.29, 0.717) is 6.54 Å². The van der Waals surface area contributed by atoms with Gasteiger partial charge in [0.2, 0.25) is 0 Å². The van der Waals surface area contributed by atoms with Crippen LogP contribution < -0.4 is 4.90 Å². The second-order valence-corrected chi connectivity index (χ2v) is 5.39. The van der Waals surface area contributed by atoms with Gasteiger partial charge in [0, 0.05) is 32.7 Å². The first kappa shape index (κ1) is 13.8. The highest BCUT2D eigenvalue weighted by Crippen LogP contribution is 2.19. The quantitative estimate of drug-likeness (QED) is 0.890. The molecule has 1 aliphatic rings. The molecule has 0 aromatic carbocycles. The minimum Gasteiger partial charge on any atom is -0.481 e. The maximum Gasteiger partial charge on any atom is 0.304 e. The molecule has 3 rings (SSSR count). The molecular formula is C14H19N5O2. The van der Waals surface area contributed by atoms with Gasteiger partial charge in [0.15, 0.2) is 5.65 Å². The average molecular weight is 289 g/mol. The van der Waals surface area contributed by atoms with Gasteiger partial charge >= 0.3 is 5.97 Å². The van der Waals surface area contributed by atoms with E-state index in [4.69, 9.17) is 5.11 Å². The number of aryl methyl sites for hydroxylation is 1. The van der Waals surface area contributed by atoms with Gasteiger partial charge in [-0.05, 0) is 24.6 Å². The van der Waals surface area contributed by atoms with Gasteiger partial charge in [0.05, 0.1) is 6.42 Å². The molecule has 0 bridgehead atoms. The van der Waals surface area contributed by atoms with Crippen LogP contribution in [0.25, 0.3) is 5.65 Å². The molecule has 0 spiro atoms. The molecule has 21 heavy (non-hydrogen) atoms. The van der Waals surface area contributed by atoms with E-state index < -0.39 is 5.97 Å². The van der Waals surface area contributed by atoms with Gasteiger partial charge in [-0.15, -0.1) is 0 Å². The molecule has 112 valence electrons. The van der Waals surface area contributed by atoms with E-state index in [-0.39, 0.29) is 6.42 Å². The van der Waals surface area contributed by atoms with Gasteiger partial charge in [0.1, 0.15) is 12.1 Å². The third-order valence-electron chi connectivity index (χ3n) is 3.84. The van der Waals surface area contributed by atoms with E-state index >= 15 is 0 Å². The van der Waals surface area contributed by atoms with Crippen LogP contribution in [0.4, 0.5) is 5.82 Å². The van der Waals surface area contributed by atoms with Crippen molar-refractivity contribution in [1.29, 1.82) is 0 Å². The number of rotatable bonds is 4. The van der Waals surface area contributed by atoms with Crippen molar-refractivity contribution in [3.05, 3.63) is 24.0 Å². The zero-order chi connectivity index (χ0) is 14.8. The van der Waals surface area contributed by atoms with Crippen molar-refractivity contribution in [3.63, 3.8) is 0 Å². The number of pyridine rings is 1. The summed E-state index contributed by atoms with van der Waals surface area (Å²) in [5, 5.41) is 13.0. The highest BCUT2D eigenvalue weighted by Gasteiger charge is 2.20. The van der Waals surface area contributed by atoms with Crippen molar-refractivity contribution >= 4 is 17.4 Å². The fraction of sp³-hybridized carbons (Fsp3) is 0.500. The van der Waals surface area contributed by atoms with Gasteiger partial charge in [0.25, 0.3) is 0 Å². The Kier molecular flexibility index (Phi) is 3.74. The standard InChI is InChI=1S/C14H19N5O2/c1-11-8-12-15-10-16-19(12)13(9-11)18-6-4-17(5-7-18)3-2-14(20)21/h8-10H,2-7H2,1H3,(H,20,21). The Morgan fingerprint density at radius 3 is 2.76 bits per heavy atom. The van der Waals surface area contributed by atoms with Crippen LogP contribution in [-0.4, -0.2) is 63.3 Å². The van der Waals surface area contributed by atoms with Crippen molar-refractivity contribution in [3.8, 4) is 0 Å². The van der Waals surface area contributed by atoms with Gasteiger partial charge < -0.3 is 10.0 Å². The van der Waals surface area contributed by atoms with Crippen molar-refractivity contribution in [1.82, 2.24) is 19.5 Å². The van der Waals surface area contributed by atoms with Crippen LogP contribution in [0.15, 0.2) is 18.5 Å². The number of carboxylic acids is 1. The fourth-order valence-electron chi connectivity index (χ4n) is 2.72. The van der Waals surface area contributed by atoms with Crippen molar-refractivity contribution in [2.24, 2.45) is 0 Å². The molecule has 0 atom stereocenters. The number of carboxylic acid groups (broad SMARTS) is 1. The Labute approximate surface area is 122 Å². The summed E-state index contributed by atoms with van der Waals surface area (Å²) in [5.74, 6) is 0.320. The molecule has 3 heterocycles. The predicted octanol–water partition coefficient (Wildman–Crippen LogP) is 0.634. The molecular weight excluding hydrogens is 270 g/mol. The zero-order valence-electron chi connectivity index (χ0n) is 12.1. The summed E-state index contributed by atoms with van der Waals surface area (Å²) < 4.78 is 1.86. The molecule has 0 saturated carbocycles. The van der Waals surface area contributed by atoms with E-state index in [0.717, 1.165) is 37.6 Å². The Morgan fingerprint density at radius 2 is 2.05 bits per heavy atom. The Balaban J connectivity index is 1.71. The monoisotopic (exact) mass is 289 g/mol. The van der Waals surface area contributed by atoms with Gasteiger partial charge in [-0.25, -0.2) is 4.98 Å². The van der Waals surface area contributed by atoms with E-state index in [1.807, 2.05) is 10.6 Å². The molecule has 1 fully saturated rings. The third kappa shape index (κ3) is 2.97. The molecule has 7 heteroatoms. The fourth-order valence-corrected chi connectivity index (χ4v) is 2.72. The lowest BCUT2D eigenvalue weighted by Crippen LogP contribution is -2.47. The summed E-state index contributed by atoms with van der Waals surface area (Å²) in [5.41, 5.74) is 2.03. The minimum absolute atomic E-state index is 0.206. The molecule has 1 saturated heterocycles. The van der Waals surface area contributed by atoms with Crippen LogP contribution in [0.3, 0.4) is 0 Å². The maximum atomic E-state index is 10.6. The number of anilines is 1. The Morgan fingerprint density at radius 1 is 1.29 bits per heavy atom. The second-order valence-electron chi connectivity index (χ2n) is 5.39. The number of aromatic nitrogens is 3. The number of hydrogen-bond acceptors (Lipinski definition) is 5. The lowest BCUT2D eigenvalue weighted by Gasteiger charge is -2.35. The Bertz CT molecular complexity index is 646. The molecule has 0 unspecified atom stereocenters. The lowest BCUT2D eigenvalue weighted by atomic mass is 10.2. The summed E-state index contributed by atoms with van der Waals surface area (Å²) in [7, 11) is 0. The van der Waals surface area contributed by atoms with Gasteiger partial charge in [-0.3, -0.25) is 9.69 Å². The average Bonchev–Trinajstić information content (AvgIpc) is 2.93. The van der Waals surface area contributed by atoms with Crippen LogP contribution in [0.5, 0.6) is 0 Å². The van der Waals surface area contributed by atoms with Crippen LogP contribution in [0, 0.1) is 6.92 Å². The maximum absolute atomic E-state index is 10.6. The lowest BCUT2D eigenvalue weighted by molar-refractivity contribution is -0.137. The minimum atomic E-state index is -0.736. The van der Waals surface area contributed by atoms with Crippen molar-refractivity contribution in [2.45, 2.75) is 13.3 Å². The number of hydrogen-bond donors (Lipinski definition) is 1. The first-order chi connectivity index (χ1) is 10.1. The normalized spacial score (nSPS) is 16.5. The second kappa shape index (κ2) is 5.69. The zero-order valence-corrected chi connectivity index (χ0v) is 12.1. The summed E-state index contributed by atoms with van der Waals surface area (Å²) in [4.78, 5) is 19.4. The highest BCUT2D eigenvalue weighted by atomic mass is 16.4. The topological polar surface area (TPSA) is 74.0 Å². The van der Waals surface area contributed by atoms with Crippen LogP contribution in [0.1, 0.15) is 12.0 Å². The largest absolute Gasteiger partial charge is 0.481 e. The summed E-state index contributed by atoms with van der Waals surface area (Å²) in [6.07, 6.45) is 1.78. The number of piperazine rings is 1. The van der Waals surface area contributed by atoms with Crippen LogP contribution >= 0.6 is 0 Å². The Hall–Kier alpha value is -2.15. The van der Waals surface area contributed by atoms with Crippen LogP contribution in [-0.2, 0) is 4.79 Å². The third-order valence-corrected chi connectivity index (χ3v) is 3.84. The predicted molar refractivity (Wildman–Crippen MR) is 78.6 cm³/mol. The molecule has 0 aliphatic carbocycles. The molecule has 0 amide bonds. The molecule has 2 aromatic rings. The van der Waals surface area contributed by atoms with Crippen molar-refractivity contribution < 1.29 is 9.90 Å². The SMILES string of the molecule is Cc1cc(N2CCN(CCC(=O)O)CC2)n2ncnc2c1.